The fraction of sp³-hybridized carbons (Fsp3) is 0.182. The maximum atomic E-state index is 11.5. The van der Waals surface area contributed by atoms with E-state index in [1.54, 1.807) is 19.1 Å². The zero-order valence-electron chi connectivity index (χ0n) is 9.81. The van der Waals surface area contributed by atoms with E-state index in [2.05, 4.69) is 15.5 Å². The molecule has 2 aromatic rings. The molecule has 1 aromatic heterocycles. The second kappa shape index (κ2) is 4.52. The molecule has 1 aliphatic rings. The molecule has 1 aliphatic heterocycles. The van der Waals surface area contributed by atoms with Crippen LogP contribution in [0.25, 0.3) is 0 Å². The number of aryl methyl sites for hydroxylation is 1. The van der Waals surface area contributed by atoms with Crippen LogP contribution < -0.4 is 11.1 Å². The molecule has 19 heavy (non-hydrogen) atoms. The van der Waals surface area contributed by atoms with Gasteiger partial charge < -0.3 is 15.5 Å². The molecule has 0 saturated carbocycles. The third-order valence-electron chi connectivity index (χ3n) is 2.68. The molecule has 0 fully saturated rings. The zero-order chi connectivity index (χ0) is 13.6. The number of amides is 1. The Kier molecular flexibility index (Phi) is 2.96. The molecule has 3 rings (SSSR count). The van der Waals surface area contributed by atoms with Gasteiger partial charge in [0, 0.05) is 23.1 Å². The lowest BCUT2D eigenvalue weighted by molar-refractivity contribution is -0.116. The zero-order valence-corrected chi connectivity index (χ0v) is 11.4. The highest BCUT2D eigenvalue weighted by Crippen LogP contribution is 2.40. The number of carbonyl (C=O) groups excluding carboxylic acids is 1. The summed E-state index contributed by atoms with van der Waals surface area (Å²) >= 11 is 7.41. The predicted molar refractivity (Wildman–Crippen MR) is 70.2 cm³/mol. The van der Waals surface area contributed by atoms with Gasteiger partial charge in [-0.1, -0.05) is 11.6 Å². The topological polar surface area (TPSA) is 94.0 Å². The van der Waals surface area contributed by atoms with Crippen LogP contribution in [0.1, 0.15) is 17.5 Å². The molecule has 98 valence electrons. The van der Waals surface area contributed by atoms with E-state index in [9.17, 15) is 4.79 Å². The van der Waals surface area contributed by atoms with Gasteiger partial charge in [-0.3, -0.25) is 4.79 Å². The van der Waals surface area contributed by atoms with E-state index in [-0.39, 0.29) is 5.91 Å². The molecule has 1 amide bonds. The molecule has 1 unspecified atom stereocenters. The summed E-state index contributed by atoms with van der Waals surface area (Å²) in [7, 11) is 0. The molecule has 6 nitrogen and oxygen atoms in total. The number of fused-ring (bicyclic) bond motifs is 1. The Morgan fingerprint density at radius 3 is 2.95 bits per heavy atom. The van der Waals surface area contributed by atoms with Gasteiger partial charge in [-0.2, -0.15) is 0 Å². The summed E-state index contributed by atoms with van der Waals surface area (Å²) in [6, 6.07) is 2.77. The lowest BCUT2D eigenvalue weighted by Crippen LogP contribution is -2.19. The Morgan fingerprint density at radius 2 is 2.26 bits per heavy atom. The number of nitrogens with zero attached hydrogens (tertiary/aromatic N) is 2. The van der Waals surface area contributed by atoms with Gasteiger partial charge in [-0.05, 0) is 23.9 Å². The minimum atomic E-state index is -0.669. The number of benzene rings is 1. The van der Waals surface area contributed by atoms with Gasteiger partial charge in [0.25, 0.3) is 5.22 Å². The van der Waals surface area contributed by atoms with E-state index in [1.165, 1.54) is 11.8 Å². The Bertz CT molecular complexity index is 673. The van der Waals surface area contributed by atoms with Crippen LogP contribution in [0.2, 0.25) is 5.02 Å². The molecule has 1 atom stereocenters. The third-order valence-corrected chi connectivity index (χ3v) is 4.01. The maximum Gasteiger partial charge on any atom is 0.281 e. The quantitative estimate of drug-likeness (QED) is 0.881. The normalized spacial score (nSPS) is 17.4. The van der Waals surface area contributed by atoms with Gasteiger partial charge in [-0.15, -0.1) is 10.2 Å². The number of rotatable bonds is 2. The van der Waals surface area contributed by atoms with Crippen LogP contribution in [-0.4, -0.2) is 16.1 Å². The smallest absolute Gasteiger partial charge is 0.281 e. The van der Waals surface area contributed by atoms with Crippen molar-refractivity contribution in [1.82, 2.24) is 10.2 Å². The molecule has 2 heterocycles. The molecule has 1 aromatic carbocycles. The highest BCUT2D eigenvalue weighted by Gasteiger charge is 2.28. The largest absolute Gasteiger partial charge is 0.416 e. The maximum absolute atomic E-state index is 11.5. The van der Waals surface area contributed by atoms with Crippen molar-refractivity contribution in [2.45, 2.75) is 23.1 Å². The van der Waals surface area contributed by atoms with E-state index < -0.39 is 6.04 Å². The molecule has 3 N–H and O–H groups in total. The number of nitrogens with two attached hydrogens (primary N) is 1. The summed E-state index contributed by atoms with van der Waals surface area (Å²) in [5.41, 5.74) is 7.11. The van der Waals surface area contributed by atoms with Gasteiger partial charge >= 0.3 is 0 Å². The number of anilines is 1. The minimum Gasteiger partial charge on any atom is -0.416 e. The standard InChI is InChI=1S/C11H9ClN4O2S/c1-4-15-16-11(18-4)19-8-3-7-5(2-6(8)12)9(13)10(17)14-7/h2-3,9H,13H2,1H3,(H,14,17). The first-order valence-corrected chi connectivity index (χ1v) is 6.62. The number of aromatic nitrogens is 2. The van der Waals surface area contributed by atoms with Crippen molar-refractivity contribution >= 4 is 35.0 Å². The van der Waals surface area contributed by atoms with E-state index in [0.29, 0.717) is 27.4 Å². The van der Waals surface area contributed by atoms with E-state index in [4.69, 9.17) is 21.8 Å². The highest BCUT2D eigenvalue weighted by molar-refractivity contribution is 7.99. The second-order valence-electron chi connectivity index (χ2n) is 4.03. The second-order valence-corrected chi connectivity index (χ2v) is 5.43. The van der Waals surface area contributed by atoms with E-state index in [0.717, 1.165) is 4.90 Å². The van der Waals surface area contributed by atoms with Gasteiger partial charge in [-0.25, -0.2) is 0 Å². The first-order valence-electron chi connectivity index (χ1n) is 5.42. The Morgan fingerprint density at radius 1 is 1.47 bits per heavy atom. The highest BCUT2D eigenvalue weighted by atomic mass is 35.5. The van der Waals surface area contributed by atoms with Crippen LogP contribution >= 0.6 is 23.4 Å². The summed E-state index contributed by atoms with van der Waals surface area (Å²) in [6.07, 6.45) is 0. The van der Waals surface area contributed by atoms with Gasteiger partial charge in [0.15, 0.2) is 0 Å². The fourth-order valence-electron chi connectivity index (χ4n) is 1.78. The van der Waals surface area contributed by atoms with Crippen molar-refractivity contribution in [1.29, 1.82) is 0 Å². The van der Waals surface area contributed by atoms with Crippen molar-refractivity contribution in [2.24, 2.45) is 5.73 Å². The Labute approximate surface area is 117 Å². The number of nitrogens with one attached hydrogen (secondary N) is 1. The Hall–Kier alpha value is -1.57. The Balaban J connectivity index is 1.96. The molecule has 0 saturated heterocycles. The molecule has 0 radical (unpaired) electrons. The van der Waals surface area contributed by atoms with E-state index in [1.807, 2.05) is 0 Å². The predicted octanol–water partition coefficient (Wildman–Crippen LogP) is 2.13. The summed E-state index contributed by atoms with van der Waals surface area (Å²) in [6.45, 7) is 1.71. The summed E-state index contributed by atoms with van der Waals surface area (Å²) in [5, 5.41) is 11.2. The van der Waals surface area contributed by atoms with Crippen LogP contribution in [0, 0.1) is 6.92 Å². The van der Waals surface area contributed by atoms with Crippen molar-refractivity contribution < 1.29 is 9.21 Å². The van der Waals surface area contributed by atoms with Crippen LogP contribution in [0.3, 0.4) is 0 Å². The summed E-state index contributed by atoms with van der Waals surface area (Å²) in [4.78, 5) is 12.2. The molecule has 0 spiro atoms. The molecular formula is C11H9ClN4O2S. The average molecular weight is 297 g/mol. The van der Waals surface area contributed by atoms with Crippen LogP contribution in [0.15, 0.2) is 26.7 Å². The lowest BCUT2D eigenvalue weighted by atomic mass is 10.1. The van der Waals surface area contributed by atoms with Crippen LogP contribution in [-0.2, 0) is 4.79 Å². The van der Waals surface area contributed by atoms with Crippen molar-refractivity contribution in [2.75, 3.05) is 5.32 Å². The summed E-state index contributed by atoms with van der Waals surface area (Å²) in [5.74, 6) is 0.247. The minimum absolute atomic E-state index is 0.234. The van der Waals surface area contributed by atoms with Crippen molar-refractivity contribution in [3.8, 4) is 0 Å². The molecular weight excluding hydrogens is 288 g/mol. The fourth-order valence-corrected chi connectivity index (χ4v) is 2.83. The monoisotopic (exact) mass is 296 g/mol. The molecule has 0 bridgehead atoms. The van der Waals surface area contributed by atoms with Crippen molar-refractivity contribution in [3.63, 3.8) is 0 Å². The number of hydrogen-bond donors (Lipinski definition) is 2. The number of halogens is 1. The first-order chi connectivity index (χ1) is 9.04. The number of carbonyl (C=O) groups is 1. The van der Waals surface area contributed by atoms with Crippen molar-refractivity contribution in [3.05, 3.63) is 28.6 Å². The average Bonchev–Trinajstić information content (AvgIpc) is 2.87. The first kappa shape index (κ1) is 12.5. The van der Waals surface area contributed by atoms with Gasteiger partial charge in [0.05, 0.1) is 5.02 Å². The molecule has 0 aliphatic carbocycles. The molecule has 8 heteroatoms. The summed E-state index contributed by atoms with van der Waals surface area (Å²) < 4.78 is 5.27. The third kappa shape index (κ3) is 2.20. The van der Waals surface area contributed by atoms with Gasteiger partial charge in [0.2, 0.25) is 11.8 Å². The lowest BCUT2D eigenvalue weighted by Gasteiger charge is -2.06. The SMILES string of the molecule is Cc1nnc(Sc2cc3c(cc2Cl)C(N)C(=O)N3)o1. The van der Waals surface area contributed by atoms with E-state index >= 15 is 0 Å². The van der Waals surface area contributed by atoms with Crippen LogP contribution in [0.4, 0.5) is 5.69 Å². The van der Waals surface area contributed by atoms with Gasteiger partial charge in [0.1, 0.15) is 6.04 Å². The number of hydrogen-bond acceptors (Lipinski definition) is 6. The van der Waals surface area contributed by atoms with Crippen LogP contribution in [0.5, 0.6) is 0 Å².